The molecule has 0 fully saturated rings. The van der Waals surface area contributed by atoms with Gasteiger partial charge in [0, 0.05) is 10.9 Å². The van der Waals surface area contributed by atoms with Crippen molar-refractivity contribution in [2.75, 3.05) is 12.5 Å². The standard InChI is InChI=1S/C21H22N2O3/c1-21(2,3)16-11-9-14(10-12-16)18-13-15-7-5-6-8-17(15)19(24)23(18)22-20(25)26-4/h5-13H,1-4H3,(H,22,25). The largest absolute Gasteiger partial charge is 0.452 e. The van der Waals surface area contributed by atoms with E-state index in [1.54, 1.807) is 12.1 Å². The van der Waals surface area contributed by atoms with E-state index in [4.69, 9.17) is 0 Å². The SMILES string of the molecule is COC(=O)Nn1c(-c2ccc(C(C)(C)C)cc2)cc2ccccc2c1=O. The summed E-state index contributed by atoms with van der Waals surface area (Å²) in [5.74, 6) is 0. The molecule has 26 heavy (non-hydrogen) atoms. The Kier molecular flexibility index (Phi) is 4.55. The molecule has 5 heteroatoms. The number of methoxy groups -OCH3 is 1. The molecule has 0 spiro atoms. The maximum Gasteiger partial charge on any atom is 0.426 e. The summed E-state index contributed by atoms with van der Waals surface area (Å²) in [7, 11) is 1.26. The zero-order valence-corrected chi connectivity index (χ0v) is 15.4. The lowest BCUT2D eigenvalue weighted by molar-refractivity contribution is 0.183. The Morgan fingerprint density at radius 3 is 2.31 bits per heavy atom. The fraction of sp³-hybridized carbons (Fsp3) is 0.238. The van der Waals surface area contributed by atoms with Crippen molar-refractivity contribution >= 4 is 16.9 Å². The van der Waals surface area contributed by atoms with Gasteiger partial charge < -0.3 is 4.74 Å². The first-order valence-corrected chi connectivity index (χ1v) is 8.42. The number of rotatable bonds is 2. The van der Waals surface area contributed by atoms with Crippen molar-refractivity contribution in [1.29, 1.82) is 0 Å². The zero-order valence-electron chi connectivity index (χ0n) is 15.4. The van der Waals surface area contributed by atoms with E-state index in [9.17, 15) is 9.59 Å². The van der Waals surface area contributed by atoms with Crippen LogP contribution in [0.3, 0.4) is 0 Å². The summed E-state index contributed by atoms with van der Waals surface area (Å²) in [4.78, 5) is 24.6. The normalized spacial score (nSPS) is 11.4. The van der Waals surface area contributed by atoms with E-state index < -0.39 is 6.09 Å². The van der Waals surface area contributed by atoms with Crippen molar-refractivity contribution in [2.45, 2.75) is 26.2 Å². The number of carbonyl (C=O) groups excluding carboxylic acids is 1. The lowest BCUT2D eigenvalue weighted by atomic mass is 9.86. The van der Waals surface area contributed by atoms with Crippen LogP contribution < -0.4 is 11.0 Å². The minimum absolute atomic E-state index is 0.0336. The molecule has 0 bridgehead atoms. The number of ether oxygens (including phenoxy) is 1. The maximum atomic E-state index is 12.9. The predicted molar refractivity (Wildman–Crippen MR) is 104 cm³/mol. The minimum Gasteiger partial charge on any atom is -0.452 e. The van der Waals surface area contributed by atoms with Gasteiger partial charge in [0.05, 0.1) is 12.8 Å². The van der Waals surface area contributed by atoms with Crippen molar-refractivity contribution in [3.05, 3.63) is 70.5 Å². The molecular formula is C21H22N2O3. The molecule has 0 radical (unpaired) electrons. The second-order valence-corrected chi connectivity index (χ2v) is 7.19. The van der Waals surface area contributed by atoms with Crippen LogP contribution in [0.25, 0.3) is 22.0 Å². The van der Waals surface area contributed by atoms with Gasteiger partial charge in [0.1, 0.15) is 0 Å². The van der Waals surface area contributed by atoms with E-state index in [2.05, 4.69) is 30.9 Å². The Morgan fingerprint density at radius 1 is 1.04 bits per heavy atom. The average Bonchev–Trinajstić information content (AvgIpc) is 2.63. The van der Waals surface area contributed by atoms with Crippen molar-refractivity contribution in [3.63, 3.8) is 0 Å². The number of benzene rings is 2. The third kappa shape index (κ3) is 3.33. The third-order valence-electron chi connectivity index (χ3n) is 4.36. The zero-order chi connectivity index (χ0) is 18.9. The Balaban J connectivity index is 2.21. The highest BCUT2D eigenvalue weighted by molar-refractivity contribution is 5.87. The molecule has 0 atom stereocenters. The number of nitrogens with one attached hydrogen (secondary N) is 1. The molecule has 1 amide bonds. The van der Waals surface area contributed by atoms with Crippen LogP contribution in [0.4, 0.5) is 4.79 Å². The second kappa shape index (κ2) is 6.67. The molecule has 0 aliphatic heterocycles. The molecule has 3 rings (SSSR count). The van der Waals surface area contributed by atoms with Gasteiger partial charge in [-0.3, -0.25) is 4.79 Å². The molecule has 1 aromatic heterocycles. The Hall–Kier alpha value is -3.08. The van der Waals surface area contributed by atoms with Gasteiger partial charge in [-0.05, 0) is 28.5 Å². The highest BCUT2D eigenvalue weighted by Crippen LogP contribution is 2.27. The molecule has 3 aromatic rings. The average molecular weight is 350 g/mol. The van der Waals surface area contributed by atoms with Crippen LogP contribution in [0.15, 0.2) is 59.4 Å². The van der Waals surface area contributed by atoms with E-state index in [0.29, 0.717) is 11.1 Å². The number of aromatic nitrogens is 1. The summed E-state index contributed by atoms with van der Waals surface area (Å²) in [6.07, 6.45) is -0.699. The fourth-order valence-corrected chi connectivity index (χ4v) is 2.86. The summed E-state index contributed by atoms with van der Waals surface area (Å²) in [6, 6.07) is 17.2. The molecule has 0 aliphatic carbocycles. The number of fused-ring (bicyclic) bond motifs is 1. The highest BCUT2D eigenvalue weighted by Gasteiger charge is 2.16. The molecule has 0 unspecified atom stereocenters. The van der Waals surface area contributed by atoms with Gasteiger partial charge in [-0.25, -0.2) is 14.9 Å². The highest BCUT2D eigenvalue weighted by atomic mass is 16.5. The molecule has 0 aliphatic rings. The van der Waals surface area contributed by atoms with Crippen molar-refractivity contribution in [3.8, 4) is 11.3 Å². The number of nitrogens with zero attached hydrogens (tertiary/aromatic N) is 1. The lowest BCUT2D eigenvalue weighted by Gasteiger charge is -2.20. The first-order valence-electron chi connectivity index (χ1n) is 8.42. The van der Waals surface area contributed by atoms with E-state index in [1.807, 2.05) is 42.5 Å². The number of hydrogen-bond acceptors (Lipinski definition) is 3. The summed E-state index contributed by atoms with van der Waals surface area (Å²) < 4.78 is 5.90. The van der Waals surface area contributed by atoms with E-state index in [-0.39, 0.29) is 11.0 Å². The van der Waals surface area contributed by atoms with Crippen LogP contribution in [-0.4, -0.2) is 17.9 Å². The van der Waals surface area contributed by atoms with Gasteiger partial charge in [-0.1, -0.05) is 63.2 Å². The first-order chi connectivity index (χ1) is 12.3. The summed E-state index contributed by atoms with van der Waals surface area (Å²) in [6.45, 7) is 6.44. The van der Waals surface area contributed by atoms with Gasteiger partial charge >= 0.3 is 6.09 Å². The van der Waals surface area contributed by atoms with Crippen molar-refractivity contribution < 1.29 is 9.53 Å². The van der Waals surface area contributed by atoms with Crippen LogP contribution in [-0.2, 0) is 10.2 Å². The van der Waals surface area contributed by atoms with Gasteiger partial charge in [-0.2, -0.15) is 0 Å². The third-order valence-corrected chi connectivity index (χ3v) is 4.36. The van der Waals surface area contributed by atoms with Crippen molar-refractivity contribution in [1.82, 2.24) is 4.68 Å². The van der Waals surface area contributed by atoms with Crippen molar-refractivity contribution in [2.24, 2.45) is 0 Å². The van der Waals surface area contributed by atoms with Crippen LogP contribution in [0.1, 0.15) is 26.3 Å². The Labute approximate surface area is 152 Å². The number of hydrogen-bond donors (Lipinski definition) is 1. The summed E-state index contributed by atoms with van der Waals surface area (Å²) in [5.41, 5.74) is 4.86. The first kappa shape index (κ1) is 17.7. The monoisotopic (exact) mass is 350 g/mol. The van der Waals surface area contributed by atoms with Crippen LogP contribution in [0.2, 0.25) is 0 Å². The number of pyridine rings is 1. The maximum absolute atomic E-state index is 12.9. The number of amides is 1. The molecule has 1 N–H and O–H groups in total. The Morgan fingerprint density at radius 2 is 1.69 bits per heavy atom. The van der Waals surface area contributed by atoms with E-state index >= 15 is 0 Å². The second-order valence-electron chi connectivity index (χ2n) is 7.19. The molecule has 2 aromatic carbocycles. The molecular weight excluding hydrogens is 328 g/mol. The van der Waals surface area contributed by atoms with E-state index in [1.165, 1.54) is 17.3 Å². The number of carbonyl (C=O) groups is 1. The molecule has 0 saturated carbocycles. The van der Waals surface area contributed by atoms with Crippen LogP contribution in [0, 0.1) is 0 Å². The molecule has 1 heterocycles. The predicted octanol–water partition coefficient (Wildman–Crippen LogP) is 4.28. The molecule has 134 valence electrons. The van der Waals surface area contributed by atoms with Crippen LogP contribution in [0.5, 0.6) is 0 Å². The fourth-order valence-electron chi connectivity index (χ4n) is 2.86. The van der Waals surface area contributed by atoms with Gasteiger partial charge in [0.25, 0.3) is 5.56 Å². The minimum atomic E-state index is -0.699. The van der Waals surface area contributed by atoms with Gasteiger partial charge in [0.2, 0.25) is 0 Å². The topological polar surface area (TPSA) is 60.3 Å². The van der Waals surface area contributed by atoms with Gasteiger partial charge in [0.15, 0.2) is 0 Å². The van der Waals surface area contributed by atoms with Crippen LogP contribution >= 0.6 is 0 Å². The van der Waals surface area contributed by atoms with E-state index in [0.717, 1.165) is 10.9 Å². The molecule has 5 nitrogen and oxygen atoms in total. The lowest BCUT2D eigenvalue weighted by Crippen LogP contribution is -2.34. The summed E-state index contributed by atoms with van der Waals surface area (Å²) in [5, 5.41) is 1.34. The quantitative estimate of drug-likeness (QED) is 0.750. The smallest absolute Gasteiger partial charge is 0.426 e. The summed E-state index contributed by atoms with van der Waals surface area (Å²) >= 11 is 0. The molecule has 0 saturated heterocycles. The van der Waals surface area contributed by atoms with Gasteiger partial charge in [-0.15, -0.1) is 0 Å². The Bertz CT molecular complexity index is 1010.